The van der Waals surface area contributed by atoms with Gasteiger partial charge in [-0.05, 0) is 18.6 Å². The predicted octanol–water partition coefficient (Wildman–Crippen LogP) is 1.78. The molecule has 1 fully saturated rings. The van der Waals surface area contributed by atoms with Gasteiger partial charge in [-0.2, -0.15) is 4.31 Å². The summed E-state index contributed by atoms with van der Waals surface area (Å²) in [7, 11) is -3.49. The Morgan fingerprint density at radius 1 is 1.24 bits per heavy atom. The van der Waals surface area contributed by atoms with Crippen molar-refractivity contribution >= 4 is 27.2 Å². The van der Waals surface area contributed by atoms with Gasteiger partial charge >= 0.3 is 0 Å². The van der Waals surface area contributed by atoms with Crippen LogP contribution in [0.15, 0.2) is 29.4 Å². The molecule has 7 nitrogen and oxygen atoms in total. The first-order valence-corrected chi connectivity index (χ1v) is 10.6. The highest BCUT2D eigenvalue weighted by molar-refractivity contribution is 7.89. The summed E-state index contributed by atoms with van der Waals surface area (Å²) in [6.07, 6.45) is 5.15. The zero-order valence-electron chi connectivity index (χ0n) is 14.1. The largest absolute Gasteiger partial charge is 0.379 e. The average molecular weight is 383 g/mol. The van der Waals surface area contributed by atoms with Crippen LogP contribution in [0.5, 0.6) is 0 Å². The molecule has 0 amide bonds. The molecule has 1 aliphatic rings. The number of sulfonamides is 1. The molecule has 0 radical (unpaired) electrons. The quantitative estimate of drug-likeness (QED) is 0.786. The molecule has 3 heterocycles. The molecule has 25 heavy (non-hydrogen) atoms. The molecule has 136 valence electrons. The van der Waals surface area contributed by atoms with Gasteiger partial charge in [0, 0.05) is 43.3 Å². The molecule has 0 bridgehead atoms. The monoisotopic (exact) mass is 382 g/mol. The number of anilines is 1. The summed E-state index contributed by atoms with van der Waals surface area (Å²) >= 11 is 1.72. The highest BCUT2D eigenvalue weighted by Gasteiger charge is 2.26. The van der Waals surface area contributed by atoms with Crippen LogP contribution in [-0.4, -0.2) is 55.5 Å². The van der Waals surface area contributed by atoms with Crippen molar-refractivity contribution in [2.24, 2.45) is 0 Å². The van der Waals surface area contributed by atoms with E-state index in [2.05, 4.69) is 22.2 Å². The summed E-state index contributed by atoms with van der Waals surface area (Å²) in [6, 6.07) is 3.30. The number of thiazole rings is 1. The van der Waals surface area contributed by atoms with Crippen LogP contribution < -0.4 is 5.32 Å². The standard InChI is InChI=1S/C16H22N4O3S2/c1-2-13-11-19-16(24-13)5-6-17-15-4-3-14(12-18-15)25(21,22)20-7-9-23-10-8-20/h3-4,11-12H,2,5-10H2,1H3,(H,17,18). The van der Waals surface area contributed by atoms with Crippen molar-refractivity contribution in [1.82, 2.24) is 14.3 Å². The van der Waals surface area contributed by atoms with Crippen LogP contribution in [0.3, 0.4) is 0 Å². The van der Waals surface area contributed by atoms with Crippen molar-refractivity contribution in [2.75, 3.05) is 38.2 Å². The van der Waals surface area contributed by atoms with E-state index in [9.17, 15) is 8.42 Å². The topological polar surface area (TPSA) is 84.4 Å². The summed E-state index contributed by atoms with van der Waals surface area (Å²) in [5.74, 6) is 0.660. The minimum atomic E-state index is -3.49. The molecule has 0 aliphatic carbocycles. The Bertz CT molecular complexity index is 784. The maximum Gasteiger partial charge on any atom is 0.244 e. The van der Waals surface area contributed by atoms with E-state index >= 15 is 0 Å². The van der Waals surface area contributed by atoms with Gasteiger partial charge in [-0.3, -0.25) is 0 Å². The van der Waals surface area contributed by atoms with E-state index in [4.69, 9.17) is 4.74 Å². The SMILES string of the molecule is CCc1cnc(CCNc2ccc(S(=O)(=O)N3CCOCC3)cn2)s1. The van der Waals surface area contributed by atoms with E-state index in [-0.39, 0.29) is 4.90 Å². The van der Waals surface area contributed by atoms with Crippen LogP contribution in [0.4, 0.5) is 5.82 Å². The second-order valence-electron chi connectivity index (χ2n) is 5.65. The van der Waals surface area contributed by atoms with Gasteiger partial charge in [0.25, 0.3) is 0 Å². The maximum atomic E-state index is 12.5. The van der Waals surface area contributed by atoms with Crippen molar-refractivity contribution in [3.8, 4) is 0 Å². The molecular formula is C16H22N4O3S2. The van der Waals surface area contributed by atoms with Crippen molar-refractivity contribution < 1.29 is 13.2 Å². The Kier molecular flexibility index (Phi) is 6.00. The molecule has 0 unspecified atom stereocenters. The number of hydrogen-bond donors (Lipinski definition) is 1. The maximum absolute atomic E-state index is 12.5. The fourth-order valence-electron chi connectivity index (χ4n) is 2.50. The minimum absolute atomic E-state index is 0.215. The Morgan fingerprint density at radius 3 is 2.68 bits per heavy atom. The Balaban J connectivity index is 1.56. The molecule has 2 aromatic rings. The lowest BCUT2D eigenvalue weighted by atomic mass is 10.4. The molecule has 9 heteroatoms. The number of nitrogens with one attached hydrogen (secondary N) is 1. The van der Waals surface area contributed by atoms with Crippen LogP contribution in [0.25, 0.3) is 0 Å². The number of ether oxygens (including phenoxy) is 1. The highest BCUT2D eigenvalue weighted by Crippen LogP contribution is 2.18. The van der Waals surface area contributed by atoms with Gasteiger partial charge in [-0.1, -0.05) is 6.92 Å². The number of morpholine rings is 1. The fraction of sp³-hybridized carbons (Fsp3) is 0.500. The predicted molar refractivity (Wildman–Crippen MR) is 97.5 cm³/mol. The number of rotatable bonds is 7. The summed E-state index contributed by atoms with van der Waals surface area (Å²) in [4.78, 5) is 10.1. The number of aryl methyl sites for hydroxylation is 1. The van der Waals surface area contributed by atoms with Gasteiger partial charge in [0.05, 0.1) is 18.2 Å². The molecule has 2 aromatic heterocycles. The number of hydrogen-bond acceptors (Lipinski definition) is 7. The summed E-state index contributed by atoms with van der Waals surface area (Å²) in [5.41, 5.74) is 0. The first kappa shape index (κ1) is 18.2. The highest BCUT2D eigenvalue weighted by atomic mass is 32.2. The second kappa shape index (κ2) is 8.22. The molecule has 0 atom stereocenters. The molecule has 3 rings (SSSR count). The number of aromatic nitrogens is 2. The molecule has 0 spiro atoms. The first-order chi connectivity index (χ1) is 12.1. The van der Waals surface area contributed by atoms with E-state index in [0.717, 1.165) is 17.8 Å². The lowest BCUT2D eigenvalue weighted by Gasteiger charge is -2.25. The molecule has 1 N–H and O–H groups in total. The second-order valence-corrected chi connectivity index (χ2v) is 8.78. The van der Waals surface area contributed by atoms with Gasteiger partial charge in [-0.15, -0.1) is 11.3 Å². The molecule has 1 saturated heterocycles. The first-order valence-electron chi connectivity index (χ1n) is 8.31. The Hall–Kier alpha value is -1.55. The average Bonchev–Trinajstić information content (AvgIpc) is 3.11. The Labute approximate surface area is 152 Å². The van der Waals surface area contributed by atoms with Crippen molar-refractivity contribution in [3.05, 3.63) is 34.4 Å². The lowest BCUT2D eigenvalue weighted by molar-refractivity contribution is 0.0730. The van der Waals surface area contributed by atoms with E-state index in [1.807, 2.05) is 6.20 Å². The third-order valence-corrected chi connectivity index (χ3v) is 7.02. The van der Waals surface area contributed by atoms with Gasteiger partial charge in [0.15, 0.2) is 0 Å². The minimum Gasteiger partial charge on any atom is -0.379 e. The van der Waals surface area contributed by atoms with E-state index < -0.39 is 10.0 Å². The van der Waals surface area contributed by atoms with E-state index in [1.54, 1.807) is 23.5 Å². The third-order valence-electron chi connectivity index (χ3n) is 3.94. The summed E-state index contributed by atoms with van der Waals surface area (Å²) < 4.78 is 31.7. The van der Waals surface area contributed by atoms with Crippen LogP contribution in [-0.2, 0) is 27.6 Å². The van der Waals surface area contributed by atoms with E-state index in [1.165, 1.54) is 15.4 Å². The summed E-state index contributed by atoms with van der Waals surface area (Å²) in [5, 5.41) is 4.30. The Morgan fingerprint density at radius 2 is 2.04 bits per heavy atom. The van der Waals surface area contributed by atoms with Gasteiger partial charge in [-0.25, -0.2) is 18.4 Å². The van der Waals surface area contributed by atoms with Gasteiger partial charge < -0.3 is 10.1 Å². The molecule has 0 aromatic carbocycles. The lowest BCUT2D eigenvalue weighted by Crippen LogP contribution is -2.40. The van der Waals surface area contributed by atoms with E-state index in [0.29, 0.717) is 38.7 Å². The van der Waals surface area contributed by atoms with Crippen LogP contribution in [0, 0.1) is 0 Å². The van der Waals surface area contributed by atoms with Gasteiger partial charge in [0.1, 0.15) is 10.7 Å². The molecule has 0 saturated carbocycles. The van der Waals surface area contributed by atoms with Crippen molar-refractivity contribution in [1.29, 1.82) is 0 Å². The van der Waals surface area contributed by atoms with Crippen molar-refractivity contribution in [2.45, 2.75) is 24.7 Å². The smallest absolute Gasteiger partial charge is 0.244 e. The molecular weight excluding hydrogens is 360 g/mol. The normalized spacial score (nSPS) is 16.0. The van der Waals surface area contributed by atoms with Crippen molar-refractivity contribution in [3.63, 3.8) is 0 Å². The van der Waals surface area contributed by atoms with Crippen LogP contribution >= 0.6 is 11.3 Å². The molecule has 1 aliphatic heterocycles. The fourth-order valence-corrected chi connectivity index (χ4v) is 4.71. The third kappa shape index (κ3) is 4.55. The number of pyridine rings is 1. The number of nitrogens with zero attached hydrogens (tertiary/aromatic N) is 3. The zero-order chi connectivity index (χ0) is 17.7. The van der Waals surface area contributed by atoms with Gasteiger partial charge in [0.2, 0.25) is 10.0 Å². The van der Waals surface area contributed by atoms with Crippen LogP contribution in [0.1, 0.15) is 16.8 Å². The van der Waals surface area contributed by atoms with Crippen LogP contribution in [0.2, 0.25) is 0 Å². The summed E-state index contributed by atoms with van der Waals surface area (Å²) in [6.45, 7) is 4.46. The zero-order valence-corrected chi connectivity index (χ0v) is 15.8.